The molecule has 1 aromatic heterocycles. The second-order valence-corrected chi connectivity index (χ2v) is 6.62. The van der Waals surface area contributed by atoms with E-state index in [9.17, 15) is 14.7 Å². The molecule has 0 saturated heterocycles. The summed E-state index contributed by atoms with van der Waals surface area (Å²) in [5.74, 6) is -0.527. The molecule has 7 heteroatoms. The first kappa shape index (κ1) is 20.1. The van der Waals surface area contributed by atoms with Crippen molar-refractivity contribution < 1.29 is 23.8 Å². The lowest BCUT2D eigenvalue weighted by molar-refractivity contribution is -0.304. The van der Waals surface area contributed by atoms with E-state index in [2.05, 4.69) is 10.3 Å². The number of hydrogen-bond acceptors (Lipinski definition) is 6. The Labute approximate surface area is 167 Å². The lowest BCUT2D eigenvalue weighted by Gasteiger charge is -2.09. The van der Waals surface area contributed by atoms with E-state index in [0.717, 1.165) is 27.8 Å². The predicted molar refractivity (Wildman–Crippen MR) is 106 cm³/mol. The van der Waals surface area contributed by atoms with Crippen LogP contribution in [0.3, 0.4) is 0 Å². The topological polar surface area (TPSA) is 104 Å². The number of carboxylic acids is 1. The fraction of sp³-hybridized carbons (Fsp3) is 0.227. The number of benzene rings is 2. The van der Waals surface area contributed by atoms with Crippen LogP contribution in [0.15, 0.2) is 51.9 Å². The fourth-order valence-corrected chi connectivity index (χ4v) is 2.84. The molecule has 0 aliphatic rings. The van der Waals surface area contributed by atoms with E-state index in [1.54, 1.807) is 13.2 Å². The zero-order valence-electron chi connectivity index (χ0n) is 16.4. The van der Waals surface area contributed by atoms with E-state index in [4.69, 9.17) is 9.15 Å². The Morgan fingerprint density at radius 3 is 2.45 bits per heavy atom. The minimum atomic E-state index is -1.35. The van der Waals surface area contributed by atoms with E-state index in [1.807, 2.05) is 50.2 Å². The van der Waals surface area contributed by atoms with Gasteiger partial charge in [0.2, 0.25) is 5.91 Å². The van der Waals surface area contributed by atoms with Crippen LogP contribution in [0.4, 0.5) is 0 Å². The number of rotatable bonds is 6. The fourth-order valence-electron chi connectivity index (χ4n) is 2.84. The molecule has 0 fully saturated rings. The molecule has 1 N–H and O–H groups in total. The predicted octanol–water partition coefficient (Wildman–Crippen LogP) is 1.49. The van der Waals surface area contributed by atoms with Gasteiger partial charge in [0, 0.05) is 17.0 Å². The van der Waals surface area contributed by atoms with Gasteiger partial charge in [-0.05, 0) is 61.4 Å². The highest BCUT2D eigenvalue weighted by molar-refractivity contribution is 5.83. The van der Waals surface area contributed by atoms with Gasteiger partial charge in [-0.1, -0.05) is 0 Å². The van der Waals surface area contributed by atoms with Gasteiger partial charge < -0.3 is 24.4 Å². The van der Waals surface area contributed by atoms with Crippen LogP contribution in [0.2, 0.25) is 0 Å². The number of methoxy groups -OCH3 is 1. The first-order valence-corrected chi connectivity index (χ1v) is 9.04. The molecule has 1 heterocycles. The second kappa shape index (κ2) is 8.60. The van der Waals surface area contributed by atoms with Crippen molar-refractivity contribution in [1.29, 1.82) is 0 Å². The van der Waals surface area contributed by atoms with Gasteiger partial charge in [0.25, 0.3) is 0 Å². The number of carbonyl (C=O) groups is 2. The van der Waals surface area contributed by atoms with E-state index in [0.29, 0.717) is 16.7 Å². The molecule has 0 aliphatic heterocycles. The molecule has 0 unspecified atom stereocenters. The molecule has 0 saturated carbocycles. The highest BCUT2D eigenvalue weighted by Gasteiger charge is 2.09. The van der Waals surface area contributed by atoms with Crippen molar-refractivity contribution in [2.45, 2.75) is 13.8 Å². The van der Waals surface area contributed by atoms with Gasteiger partial charge in [-0.15, -0.1) is 0 Å². The molecule has 2 aromatic carbocycles. The molecule has 0 aliphatic carbocycles. The van der Waals surface area contributed by atoms with Gasteiger partial charge in [-0.2, -0.15) is 0 Å². The molecule has 0 bridgehead atoms. The average Bonchev–Trinajstić information content (AvgIpc) is 2.71. The summed E-state index contributed by atoms with van der Waals surface area (Å²) in [5.41, 5.74) is 3.63. The normalized spacial score (nSPS) is 11.5. The van der Waals surface area contributed by atoms with Crippen LogP contribution in [0.5, 0.6) is 5.75 Å². The molecule has 150 valence electrons. The van der Waals surface area contributed by atoms with Gasteiger partial charge in [0.05, 0.1) is 25.0 Å². The SMILES string of the molecule is COc1ccc(-c2cc(=NCC(=O)NCC(=O)[O-])c3cc(C)c(C)cc3o2)cc1. The molecule has 29 heavy (non-hydrogen) atoms. The Balaban J connectivity index is 2.07. The molecule has 0 atom stereocenters. The van der Waals surface area contributed by atoms with E-state index in [-0.39, 0.29) is 6.54 Å². The zero-order chi connectivity index (χ0) is 21.0. The Morgan fingerprint density at radius 1 is 1.10 bits per heavy atom. The number of amides is 1. The summed E-state index contributed by atoms with van der Waals surface area (Å²) in [5, 5.41) is 14.1. The van der Waals surface area contributed by atoms with Crippen LogP contribution in [0.25, 0.3) is 22.3 Å². The average molecular weight is 393 g/mol. The van der Waals surface area contributed by atoms with Crippen LogP contribution < -0.4 is 20.5 Å². The highest BCUT2D eigenvalue weighted by Crippen LogP contribution is 2.25. The van der Waals surface area contributed by atoms with Crippen molar-refractivity contribution in [3.05, 3.63) is 58.9 Å². The quantitative estimate of drug-likeness (QED) is 0.683. The highest BCUT2D eigenvalue weighted by atomic mass is 16.5. The van der Waals surface area contributed by atoms with Crippen LogP contribution in [-0.2, 0) is 9.59 Å². The number of nitrogens with zero attached hydrogens (tertiary/aromatic N) is 1. The third-order valence-corrected chi connectivity index (χ3v) is 4.56. The third-order valence-electron chi connectivity index (χ3n) is 4.56. The summed E-state index contributed by atoms with van der Waals surface area (Å²) in [7, 11) is 1.60. The van der Waals surface area contributed by atoms with Crippen molar-refractivity contribution in [1.82, 2.24) is 5.32 Å². The summed E-state index contributed by atoms with van der Waals surface area (Å²) in [4.78, 5) is 26.8. The Hall–Kier alpha value is -3.61. The summed E-state index contributed by atoms with van der Waals surface area (Å²) < 4.78 is 11.3. The minimum Gasteiger partial charge on any atom is -0.548 e. The van der Waals surface area contributed by atoms with E-state index < -0.39 is 18.4 Å². The van der Waals surface area contributed by atoms with Crippen LogP contribution in [0, 0.1) is 13.8 Å². The van der Waals surface area contributed by atoms with Gasteiger partial charge in [0.1, 0.15) is 23.6 Å². The monoisotopic (exact) mass is 393 g/mol. The maximum Gasteiger partial charge on any atom is 0.241 e. The molecule has 3 aromatic rings. The second-order valence-electron chi connectivity index (χ2n) is 6.62. The molecule has 0 radical (unpaired) electrons. The number of nitrogens with one attached hydrogen (secondary N) is 1. The number of aryl methyl sites for hydroxylation is 2. The van der Waals surface area contributed by atoms with Crippen LogP contribution in [-0.4, -0.2) is 32.1 Å². The maximum atomic E-state index is 11.9. The number of ether oxygens (including phenoxy) is 1. The number of carboxylic acid groups (broad SMARTS) is 1. The standard InChI is InChI=1S/C22H22N2O5/c1-13-8-17-18(23-11-21(25)24-12-22(26)27)10-19(29-20(17)9-14(13)2)15-4-6-16(28-3)7-5-15/h4-10H,11-12H2,1-3H3,(H,24,25)(H,26,27)/p-1. The molecule has 7 nitrogen and oxygen atoms in total. The summed E-state index contributed by atoms with van der Waals surface area (Å²) in [6.45, 7) is 3.23. The van der Waals surface area contributed by atoms with Gasteiger partial charge >= 0.3 is 0 Å². The zero-order valence-corrected chi connectivity index (χ0v) is 16.4. The van der Waals surface area contributed by atoms with Crippen LogP contribution >= 0.6 is 0 Å². The first-order chi connectivity index (χ1) is 13.9. The first-order valence-electron chi connectivity index (χ1n) is 9.04. The molecular weight excluding hydrogens is 372 g/mol. The van der Waals surface area contributed by atoms with E-state index >= 15 is 0 Å². The molecular formula is C22H21N2O5-. The number of carbonyl (C=O) groups excluding carboxylic acids is 2. The Morgan fingerprint density at radius 2 is 1.79 bits per heavy atom. The van der Waals surface area contributed by atoms with Crippen molar-refractivity contribution in [3.63, 3.8) is 0 Å². The van der Waals surface area contributed by atoms with Gasteiger partial charge in [-0.25, -0.2) is 0 Å². The summed E-state index contributed by atoms with van der Waals surface area (Å²) >= 11 is 0. The number of aliphatic carboxylic acids is 1. The van der Waals surface area contributed by atoms with Crippen molar-refractivity contribution in [2.24, 2.45) is 4.99 Å². The number of hydrogen-bond donors (Lipinski definition) is 1. The van der Waals surface area contributed by atoms with Crippen LogP contribution in [0.1, 0.15) is 11.1 Å². The Bertz CT molecular complexity index is 1130. The summed E-state index contributed by atoms with van der Waals surface area (Å²) in [6.07, 6.45) is 0. The molecule has 0 spiro atoms. The van der Waals surface area contributed by atoms with Gasteiger partial charge in [0.15, 0.2) is 0 Å². The number of fused-ring (bicyclic) bond motifs is 1. The minimum absolute atomic E-state index is 0.207. The molecule has 1 amide bonds. The van der Waals surface area contributed by atoms with Crippen molar-refractivity contribution >= 4 is 22.8 Å². The van der Waals surface area contributed by atoms with E-state index in [1.165, 1.54) is 0 Å². The lowest BCUT2D eigenvalue weighted by Crippen LogP contribution is -2.38. The Kier molecular flexibility index (Phi) is 5.97. The largest absolute Gasteiger partial charge is 0.548 e. The van der Waals surface area contributed by atoms with Crippen molar-refractivity contribution in [3.8, 4) is 17.1 Å². The van der Waals surface area contributed by atoms with Crippen molar-refractivity contribution in [2.75, 3.05) is 20.2 Å². The smallest absolute Gasteiger partial charge is 0.241 e. The summed E-state index contributed by atoms with van der Waals surface area (Å²) in [6, 6.07) is 13.1. The molecule has 3 rings (SSSR count). The van der Waals surface area contributed by atoms with Gasteiger partial charge in [-0.3, -0.25) is 9.79 Å². The maximum absolute atomic E-state index is 11.9. The third kappa shape index (κ3) is 4.82. The lowest BCUT2D eigenvalue weighted by atomic mass is 10.1.